The Balaban J connectivity index is 4.56. The molecule has 188 valence electrons. The molecule has 0 saturated carbocycles. The van der Waals surface area contributed by atoms with Crippen LogP contribution in [0.25, 0.3) is 0 Å². The van der Waals surface area contributed by atoms with Gasteiger partial charge in [0.2, 0.25) is 0 Å². The van der Waals surface area contributed by atoms with Crippen LogP contribution < -0.4 is 0 Å². The van der Waals surface area contributed by atoms with E-state index in [1.807, 2.05) is 0 Å². The van der Waals surface area contributed by atoms with Gasteiger partial charge in [0.05, 0.1) is 0 Å². The molecule has 0 N–H and O–H groups in total. The zero-order valence-electron chi connectivity index (χ0n) is 21.2. The lowest BCUT2D eigenvalue weighted by Gasteiger charge is -2.25. The molecule has 0 aromatic carbocycles. The summed E-state index contributed by atoms with van der Waals surface area (Å²) in [6.45, 7) is 20.1. The maximum Gasteiger partial charge on any atom is 0.321 e. The molecule has 0 amide bonds. The summed E-state index contributed by atoms with van der Waals surface area (Å²) in [4.78, 5) is 2.59. The van der Waals surface area contributed by atoms with Gasteiger partial charge in [0, 0.05) is 39.6 Å². The van der Waals surface area contributed by atoms with Gasteiger partial charge in [-0.3, -0.25) is 0 Å². The van der Waals surface area contributed by atoms with E-state index < -0.39 is 27.9 Å². The molecule has 0 unspecified atom stereocenters. The number of hydrogen-bond donors (Lipinski definition) is 0. The van der Waals surface area contributed by atoms with Gasteiger partial charge in [-0.05, 0) is 98.6 Å². The molecule has 0 aliphatic heterocycles. The molecule has 0 atom stereocenters. The second kappa shape index (κ2) is 23.5. The quantitative estimate of drug-likeness (QED) is 0.190. The van der Waals surface area contributed by atoms with Crippen LogP contribution in [0.3, 0.4) is 0 Å². The smallest absolute Gasteiger partial charge is 0.321 e. The molecule has 0 heterocycles. The molecule has 10 heteroatoms. The summed E-state index contributed by atoms with van der Waals surface area (Å²) in [7, 11) is -4.53. The van der Waals surface area contributed by atoms with Crippen molar-refractivity contribution in [2.24, 2.45) is 0 Å². The van der Waals surface area contributed by atoms with Crippen LogP contribution in [0.4, 0.5) is 0 Å². The Bertz CT molecular complexity index is 304. The minimum Gasteiger partial charge on any atom is -0.397 e. The molecule has 0 aromatic heterocycles. The van der Waals surface area contributed by atoms with Gasteiger partial charge in [0.1, 0.15) is 0 Å². The largest absolute Gasteiger partial charge is 0.397 e. The van der Waals surface area contributed by atoms with E-state index in [9.17, 15) is 0 Å². The standard InChI is InChI=1S/C21H51NO6Si3/c1-7-23-29(24-8-2)19-13-16-22(17-14-20-30(25-9-3)26-10-4)18-15-21-31(27-11-5)28-12-6/h29-31H,7-21H2,1-6H3. The first-order valence-electron chi connectivity index (χ1n) is 12.6. The number of nitrogens with zero attached hydrogens (tertiary/aromatic N) is 1. The Morgan fingerprint density at radius 2 is 0.645 bits per heavy atom. The molecule has 31 heavy (non-hydrogen) atoms. The topological polar surface area (TPSA) is 58.6 Å². The van der Waals surface area contributed by atoms with Crippen LogP contribution in [0.2, 0.25) is 18.1 Å². The third-order valence-corrected chi connectivity index (χ3v) is 11.7. The Labute approximate surface area is 197 Å². The summed E-state index contributed by atoms with van der Waals surface area (Å²) >= 11 is 0. The van der Waals surface area contributed by atoms with E-state index in [-0.39, 0.29) is 0 Å². The van der Waals surface area contributed by atoms with Crippen molar-refractivity contribution < 1.29 is 26.6 Å². The highest BCUT2D eigenvalue weighted by atomic mass is 28.3. The molecule has 0 bridgehead atoms. The zero-order chi connectivity index (χ0) is 23.2. The molecule has 0 aliphatic rings. The van der Waals surface area contributed by atoms with Crippen molar-refractivity contribution >= 4 is 27.9 Å². The molecule has 0 saturated heterocycles. The summed E-state index contributed by atoms with van der Waals surface area (Å²) in [5.41, 5.74) is 0. The zero-order valence-corrected chi connectivity index (χ0v) is 24.7. The number of hydrogen-bond acceptors (Lipinski definition) is 7. The molecule has 0 spiro atoms. The lowest BCUT2D eigenvalue weighted by Crippen LogP contribution is -2.32. The monoisotopic (exact) mass is 497 g/mol. The fourth-order valence-electron chi connectivity index (χ4n) is 3.54. The summed E-state index contributed by atoms with van der Waals surface area (Å²) in [6, 6.07) is 3.22. The second-order valence-corrected chi connectivity index (χ2v) is 13.6. The molecule has 7 nitrogen and oxygen atoms in total. The highest BCUT2D eigenvalue weighted by Gasteiger charge is 2.17. The SMILES string of the molecule is CCO[SiH](CCCN(CCC[SiH](OCC)OCC)CCC[SiH](OCC)OCC)OCC. The first-order chi connectivity index (χ1) is 15.1. The maximum absolute atomic E-state index is 5.84. The lowest BCUT2D eigenvalue weighted by atomic mass is 10.3. The molecular weight excluding hydrogens is 446 g/mol. The van der Waals surface area contributed by atoms with E-state index >= 15 is 0 Å². The van der Waals surface area contributed by atoms with Crippen molar-refractivity contribution in [1.29, 1.82) is 0 Å². The van der Waals surface area contributed by atoms with E-state index in [1.165, 1.54) is 0 Å². The first-order valence-corrected chi connectivity index (χ1v) is 17.8. The predicted octanol–water partition coefficient (Wildman–Crippen LogP) is 3.34. The van der Waals surface area contributed by atoms with Crippen molar-refractivity contribution in [1.82, 2.24) is 4.90 Å². The van der Waals surface area contributed by atoms with E-state index in [1.54, 1.807) is 0 Å². The van der Waals surface area contributed by atoms with Gasteiger partial charge in [-0.25, -0.2) is 0 Å². The Morgan fingerprint density at radius 3 is 0.839 bits per heavy atom. The van der Waals surface area contributed by atoms with E-state index in [0.717, 1.165) is 96.7 Å². The molecule has 0 aromatic rings. The van der Waals surface area contributed by atoms with Crippen molar-refractivity contribution in [3.8, 4) is 0 Å². The van der Waals surface area contributed by atoms with E-state index in [2.05, 4.69) is 46.4 Å². The molecule has 0 fully saturated rings. The minimum atomic E-state index is -1.51. The van der Waals surface area contributed by atoms with Crippen LogP contribution in [-0.4, -0.2) is 92.0 Å². The van der Waals surface area contributed by atoms with Crippen LogP contribution in [0, 0.1) is 0 Å². The average molecular weight is 498 g/mol. The highest BCUT2D eigenvalue weighted by Crippen LogP contribution is 2.10. The van der Waals surface area contributed by atoms with Crippen molar-refractivity contribution in [3.63, 3.8) is 0 Å². The van der Waals surface area contributed by atoms with Crippen LogP contribution in [0.1, 0.15) is 60.8 Å². The van der Waals surface area contributed by atoms with Gasteiger partial charge in [-0.2, -0.15) is 0 Å². The van der Waals surface area contributed by atoms with Crippen LogP contribution in [0.5, 0.6) is 0 Å². The Hall–Kier alpha value is 0.371. The fourth-order valence-corrected chi connectivity index (χ4v) is 8.61. The molecular formula is C21H51NO6Si3. The Kier molecular flexibility index (Phi) is 23.8. The van der Waals surface area contributed by atoms with Crippen molar-refractivity contribution in [2.45, 2.75) is 78.9 Å². The molecule has 0 radical (unpaired) electrons. The predicted molar refractivity (Wildman–Crippen MR) is 136 cm³/mol. The van der Waals surface area contributed by atoms with Gasteiger partial charge in [0.15, 0.2) is 0 Å². The van der Waals surface area contributed by atoms with Gasteiger partial charge in [-0.15, -0.1) is 0 Å². The second-order valence-electron chi connectivity index (χ2n) is 7.29. The number of rotatable bonds is 24. The van der Waals surface area contributed by atoms with E-state index in [0.29, 0.717) is 0 Å². The third kappa shape index (κ3) is 18.5. The third-order valence-electron chi connectivity index (χ3n) is 4.86. The lowest BCUT2D eigenvalue weighted by molar-refractivity contribution is 0.202. The summed E-state index contributed by atoms with van der Waals surface area (Å²) in [6.07, 6.45) is 3.39. The molecule has 0 aliphatic carbocycles. The van der Waals surface area contributed by atoms with Crippen molar-refractivity contribution in [2.75, 3.05) is 59.3 Å². The van der Waals surface area contributed by atoms with Gasteiger partial charge in [0.25, 0.3) is 0 Å². The summed E-state index contributed by atoms with van der Waals surface area (Å²) < 4.78 is 35.0. The first kappa shape index (κ1) is 31.4. The minimum absolute atomic E-state index is 0.752. The molecule has 0 rings (SSSR count). The van der Waals surface area contributed by atoms with Crippen LogP contribution >= 0.6 is 0 Å². The normalized spacial score (nSPS) is 12.2. The summed E-state index contributed by atoms with van der Waals surface area (Å²) in [5.74, 6) is 0. The van der Waals surface area contributed by atoms with Gasteiger partial charge < -0.3 is 31.5 Å². The fraction of sp³-hybridized carbons (Fsp3) is 1.00. The Morgan fingerprint density at radius 1 is 0.419 bits per heavy atom. The van der Waals surface area contributed by atoms with Gasteiger partial charge in [-0.1, -0.05) is 0 Å². The average Bonchev–Trinajstić information content (AvgIpc) is 2.74. The highest BCUT2D eigenvalue weighted by molar-refractivity contribution is 6.45. The van der Waals surface area contributed by atoms with Gasteiger partial charge >= 0.3 is 27.9 Å². The van der Waals surface area contributed by atoms with Crippen molar-refractivity contribution in [3.05, 3.63) is 0 Å². The summed E-state index contributed by atoms with van der Waals surface area (Å²) in [5, 5.41) is 0. The van der Waals surface area contributed by atoms with Crippen LogP contribution in [0.15, 0.2) is 0 Å². The van der Waals surface area contributed by atoms with Crippen LogP contribution in [-0.2, 0) is 26.6 Å². The van der Waals surface area contributed by atoms with E-state index in [4.69, 9.17) is 26.6 Å². The maximum atomic E-state index is 5.84.